The molecule has 1 aromatic carbocycles. The molecule has 0 radical (unpaired) electrons. The van der Waals surface area contributed by atoms with Gasteiger partial charge in [0.1, 0.15) is 0 Å². The summed E-state index contributed by atoms with van der Waals surface area (Å²) in [7, 11) is 0. The summed E-state index contributed by atoms with van der Waals surface area (Å²) in [6, 6.07) is 4.59. The van der Waals surface area contributed by atoms with Crippen molar-refractivity contribution in [2.75, 3.05) is 18.4 Å². The number of likely N-dealkylation sites (tertiary alicyclic amines) is 1. The standard InChI is InChI=1S/C14H16Cl2N2O3/c1-14(12(19)20)4-6-18(7-5-14)13(21)17-9-2-3-10(15)11(16)8-9/h2-3,8H,4-7H2,1H3,(H,17,21)(H,19,20). The number of carbonyl (C=O) groups is 2. The Labute approximate surface area is 132 Å². The maximum atomic E-state index is 12.1. The number of hydrogen-bond donors (Lipinski definition) is 2. The zero-order valence-corrected chi connectivity index (χ0v) is 13.0. The topological polar surface area (TPSA) is 69.6 Å². The van der Waals surface area contributed by atoms with Gasteiger partial charge in [0, 0.05) is 18.8 Å². The Bertz CT molecular complexity index is 569. The third-order valence-corrected chi connectivity index (χ3v) is 4.58. The fraction of sp³-hybridized carbons (Fsp3) is 0.429. The molecule has 1 heterocycles. The average molecular weight is 331 g/mol. The van der Waals surface area contributed by atoms with Crippen LogP contribution < -0.4 is 5.32 Å². The van der Waals surface area contributed by atoms with Crippen molar-refractivity contribution >= 4 is 40.9 Å². The molecular weight excluding hydrogens is 315 g/mol. The third-order valence-electron chi connectivity index (χ3n) is 3.84. The number of nitrogens with one attached hydrogen (secondary N) is 1. The van der Waals surface area contributed by atoms with Crippen LogP contribution in [0, 0.1) is 5.41 Å². The molecule has 5 nitrogen and oxygen atoms in total. The molecule has 2 rings (SSSR count). The monoisotopic (exact) mass is 330 g/mol. The predicted molar refractivity (Wildman–Crippen MR) is 82.0 cm³/mol. The van der Waals surface area contributed by atoms with Gasteiger partial charge in [0.15, 0.2) is 0 Å². The van der Waals surface area contributed by atoms with E-state index in [1.165, 1.54) is 0 Å². The lowest BCUT2D eigenvalue weighted by molar-refractivity contribution is -0.150. The van der Waals surface area contributed by atoms with Crippen molar-refractivity contribution in [3.63, 3.8) is 0 Å². The Kier molecular flexibility index (Phi) is 4.64. The number of carbonyl (C=O) groups excluding carboxylic acids is 1. The Balaban J connectivity index is 1.96. The van der Waals surface area contributed by atoms with Crippen LogP contribution in [0.3, 0.4) is 0 Å². The minimum atomic E-state index is -0.813. The van der Waals surface area contributed by atoms with Gasteiger partial charge in [-0.3, -0.25) is 4.79 Å². The van der Waals surface area contributed by atoms with Crippen LogP contribution in [-0.4, -0.2) is 35.1 Å². The molecule has 1 aliphatic heterocycles. The number of rotatable bonds is 2. The fourth-order valence-corrected chi connectivity index (χ4v) is 2.49. The van der Waals surface area contributed by atoms with E-state index < -0.39 is 11.4 Å². The van der Waals surface area contributed by atoms with Gasteiger partial charge in [-0.05, 0) is 38.0 Å². The van der Waals surface area contributed by atoms with E-state index in [4.69, 9.17) is 28.3 Å². The summed E-state index contributed by atoms with van der Waals surface area (Å²) in [5.41, 5.74) is -0.193. The number of hydrogen-bond acceptors (Lipinski definition) is 2. The molecule has 0 saturated carbocycles. The summed E-state index contributed by atoms with van der Waals surface area (Å²) in [5, 5.41) is 12.7. The summed E-state index contributed by atoms with van der Waals surface area (Å²) in [5.74, 6) is -0.813. The van der Waals surface area contributed by atoms with Crippen molar-refractivity contribution in [2.45, 2.75) is 19.8 Å². The highest BCUT2D eigenvalue weighted by Crippen LogP contribution is 2.31. The Morgan fingerprint density at radius 2 is 1.86 bits per heavy atom. The lowest BCUT2D eigenvalue weighted by Gasteiger charge is -2.36. The van der Waals surface area contributed by atoms with E-state index in [9.17, 15) is 9.59 Å². The van der Waals surface area contributed by atoms with Gasteiger partial charge in [-0.25, -0.2) is 4.79 Å². The molecule has 0 bridgehead atoms. The van der Waals surface area contributed by atoms with Crippen LogP contribution in [0.5, 0.6) is 0 Å². The van der Waals surface area contributed by atoms with Crippen molar-refractivity contribution in [3.8, 4) is 0 Å². The molecule has 1 aliphatic rings. The van der Waals surface area contributed by atoms with Crippen LogP contribution in [0.2, 0.25) is 10.0 Å². The largest absolute Gasteiger partial charge is 0.481 e. The summed E-state index contributed by atoms with van der Waals surface area (Å²) in [6.45, 7) is 2.54. The molecule has 21 heavy (non-hydrogen) atoms. The highest BCUT2D eigenvalue weighted by atomic mass is 35.5. The number of halogens is 2. The molecule has 0 aromatic heterocycles. The first-order chi connectivity index (χ1) is 9.82. The summed E-state index contributed by atoms with van der Waals surface area (Å²) in [6.07, 6.45) is 0.883. The smallest absolute Gasteiger partial charge is 0.321 e. The fourth-order valence-electron chi connectivity index (χ4n) is 2.19. The molecule has 1 aromatic rings. The van der Waals surface area contributed by atoms with E-state index in [0.717, 1.165) is 0 Å². The van der Waals surface area contributed by atoms with E-state index in [1.54, 1.807) is 30.0 Å². The molecule has 0 spiro atoms. The molecule has 2 amide bonds. The SMILES string of the molecule is CC1(C(=O)O)CCN(C(=O)Nc2ccc(Cl)c(Cl)c2)CC1. The van der Waals surface area contributed by atoms with Crippen LogP contribution in [0.1, 0.15) is 19.8 Å². The van der Waals surface area contributed by atoms with Crippen molar-refractivity contribution in [2.24, 2.45) is 5.41 Å². The quantitative estimate of drug-likeness (QED) is 0.868. The van der Waals surface area contributed by atoms with Crippen molar-refractivity contribution < 1.29 is 14.7 Å². The number of urea groups is 1. The summed E-state index contributed by atoms with van der Waals surface area (Å²) < 4.78 is 0. The number of aliphatic carboxylic acids is 1. The number of anilines is 1. The van der Waals surface area contributed by atoms with Gasteiger partial charge in [-0.1, -0.05) is 23.2 Å². The van der Waals surface area contributed by atoms with Crippen LogP contribution in [0.15, 0.2) is 18.2 Å². The molecule has 2 N–H and O–H groups in total. The number of nitrogens with zero attached hydrogens (tertiary/aromatic N) is 1. The van der Waals surface area contributed by atoms with Gasteiger partial charge < -0.3 is 15.3 Å². The maximum Gasteiger partial charge on any atom is 0.321 e. The molecule has 114 valence electrons. The van der Waals surface area contributed by atoms with Crippen molar-refractivity contribution in [1.82, 2.24) is 4.90 Å². The average Bonchev–Trinajstić information content (AvgIpc) is 2.43. The second kappa shape index (κ2) is 6.12. The minimum absolute atomic E-state index is 0.263. The minimum Gasteiger partial charge on any atom is -0.481 e. The zero-order valence-electron chi connectivity index (χ0n) is 11.5. The van der Waals surface area contributed by atoms with Crippen LogP contribution in [0.25, 0.3) is 0 Å². The highest BCUT2D eigenvalue weighted by molar-refractivity contribution is 6.42. The predicted octanol–water partition coefficient (Wildman–Crippen LogP) is 3.71. The van der Waals surface area contributed by atoms with Gasteiger partial charge in [0.2, 0.25) is 0 Å². The Hall–Kier alpha value is -1.46. The highest BCUT2D eigenvalue weighted by Gasteiger charge is 2.38. The number of carboxylic acid groups (broad SMARTS) is 1. The van der Waals surface area contributed by atoms with Gasteiger partial charge in [0.25, 0.3) is 0 Å². The lowest BCUT2D eigenvalue weighted by atomic mass is 9.80. The number of carboxylic acids is 1. The summed E-state index contributed by atoms with van der Waals surface area (Å²) in [4.78, 5) is 24.9. The Morgan fingerprint density at radius 3 is 2.38 bits per heavy atom. The number of amides is 2. The van der Waals surface area contributed by atoms with Crippen LogP contribution in [0.4, 0.5) is 10.5 Å². The first kappa shape index (κ1) is 15.9. The number of piperidine rings is 1. The molecule has 1 saturated heterocycles. The molecular formula is C14H16Cl2N2O3. The number of benzene rings is 1. The van der Waals surface area contributed by atoms with Gasteiger partial charge in [-0.15, -0.1) is 0 Å². The molecule has 0 atom stereocenters. The first-order valence-electron chi connectivity index (χ1n) is 6.56. The van der Waals surface area contributed by atoms with Crippen LogP contribution >= 0.6 is 23.2 Å². The summed E-state index contributed by atoms with van der Waals surface area (Å²) >= 11 is 11.7. The van der Waals surface area contributed by atoms with Gasteiger partial charge in [0.05, 0.1) is 15.5 Å². The first-order valence-corrected chi connectivity index (χ1v) is 7.32. The van der Waals surface area contributed by atoms with Crippen molar-refractivity contribution in [1.29, 1.82) is 0 Å². The van der Waals surface area contributed by atoms with E-state index >= 15 is 0 Å². The molecule has 0 aliphatic carbocycles. The third kappa shape index (κ3) is 3.60. The van der Waals surface area contributed by atoms with Gasteiger partial charge in [-0.2, -0.15) is 0 Å². The van der Waals surface area contributed by atoms with E-state index in [-0.39, 0.29) is 6.03 Å². The van der Waals surface area contributed by atoms with E-state index in [1.807, 2.05) is 0 Å². The van der Waals surface area contributed by atoms with Crippen molar-refractivity contribution in [3.05, 3.63) is 28.2 Å². The second-order valence-electron chi connectivity index (χ2n) is 5.41. The normalized spacial score (nSPS) is 17.4. The maximum absolute atomic E-state index is 12.1. The van der Waals surface area contributed by atoms with E-state index in [0.29, 0.717) is 41.7 Å². The van der Waals surface area contributed by atoms with E-state index in [2.05, 4.69) is 5.32 Å². The van der Waals surface area contributed by atoms with Crippen LogP contribution in [-0.2, 0) is 4.79 Å². The molecule has 0 unspecified atom stereocenters. The zero-order chi connectivity index (χ0) is 15.6. The Morgan fingerprint density at radius 1 is 1.24 bits per heavy atom. The molecule has 7 heteroatoms. The lowest BCUT2D eigenvalue weighted by Crippen LogP contribution is -2.46. The van der Waals surface area contributed by atoms with Gasteiger partial charge >= 0.3 is 12.0 Å². The molecule has 1 fully saturated rings. The second-order valence-corrected chi connectivity index (χ2v) is 6.23.